The molecule has 1 aromatic heterocycles. The SMILES string of the molecule is CCOc1ccc(NC(=O)c2cccc(-n3cnnn3)c2)cc1S(=O)(=O)N1CCCC1. The minimum Gasteiger partial charge on any atom is -0.492 e. The van der Waals surface area contributed by atoms with Gasteiger partial charge >= 0.3 is 0 Å². The second kappa shape index (κ2) is 8.82. The van der Waals surface area contributed by atoms with Crippen molar-refractivity contribution in [1.29, 1.82) is 0 Å². The lowest BCUT2D eigenvalue weighted by atomic mass is 10.2. The maximum Gasteiger partial charge on any atom is 0.255 e. The first-order valence-corrected chi connectivity index (χ1v) is 11.3. The van der Waals surface area contributed by atoms with E-state index < -0.39 is 10.0 Å². The molecule has 1 N–H and O–H groups in total. The van der Waals surface area contributed by atoms with Gasteiger partial charge in [0, 0.05) is 24.3 Å². The molecule has 31 heavy (non-hydrogen) atoms. The average Bonchev–Trinajstić information content (AvgIpc) is 3.49. The molecule has 2 heterocycles. The van der Waals surface area contributed by atoms with Crippen LogP contribution in [0.2, 0.25) is 0 Å². The first-order valence-electron chi connectivity index (χ1n) is 9.91. The molecule has 1 amide bonds. The van der Waals surface area contributed by atoms with Crippen molar-refractivity contribution in [2.45, 2.75) is 24.7 Å². The van der Waals surface area contributed by atoms with E-state index in [1.807, 2.05) is 0 Å². The predicted octanol–water partition coefficient (Wildman–Crippen LogP) is 2.10. The molecule has 0 aliphatic carbocycles. The lowest BCUT2D eigenvalue weighted by Gasteiger charge is -2.19. The van der Waals surface area contributed by atoms with Crippen molar-refractivity contribution < 1.29 is 17.9 Å². The largest absolute Gasteiger partial charge is 0.492 e. The second-order valence-corrected chi connectivity index (χ2v) is 8.87. The molecular weight excluding hydrogens is 420 g/mol. The van der Waals surface area contributed by atoms with E-state index in [4.69, 9.17) is 4.74 Å². The number of hydrogen-bond donors (Lipinski definition) is 1. The number of hydrogen-bond acceptors (Lipinski definition) is 7. The first kappa shape index (κ1) is 20.9. The topological polar surface area (TPSA) is 119 Å². The molecule has 1 saturated heterocycles. The number of tetrazole rings is 1. The van der Waals surface area contributed by atoms with Gasteiger partial charge < -0.3 is 10.1 Å². The van der Waals surface area contributed by atoms with Crippen molar-refractivity contribution >= 4 is 21.6 Å². The van der Waals surface area contributed by atoms with Crippen LogP contribution in [-0.2, 0) is 10.0 Å². The van der Waals surface area contributed by atoms with Crippen LogP contribution < -0.4 is 10.1 Å². The zero-order chi connectivity index (χ0) is 21.8. The normalized spacial score (nSPS) is 14.5. The molecule has 0 spiro atoms. The van der Waals surface area contributed by atoms with E-state index in [9.17, 15) is 13.2 Å². The fourth-order valence-corrected chi connectivity index (χ4v) is 5.08. The van der Waals surface area contributed by atoms with Crippen molar-refractivity contribution in [3.8, 4) is 11.4 Å². The number of carbonyl (C=O) groups is 1. The molecule has 0 bridgehead atoms. The van der Waals surface area contributed by atoms with Crippen LogP contribution in [0.15, 0.2) is 53.7 Å². The summed E-state index contributed by atoms with van der Waals surface area (Å²) in [6.07, 6.45) is 3.09. The maximum atomic E-state index is 13.1. The summed E-state index contributed by atoms with van der Waals surface area (Å²) in [7, 11) is -3.72. The van der Waals surface area contributed by atoms with E-state index in [2.05, 4.69) is 20.8 Å². The molecule has 3 aromatic rings. The lowest BCUT2D eigenvalue weighted by molar-refractivity contribution is 0.102. The minimum atomic E-state index is -3.72. The fraction of sp³-hybridized carbons (Fsp3) is 0.300. The molecule has 0 unspecified atom stereocenters. The summed E-state index contributed by atoms with van der Waals surface area (Å²) < 4.78 is 34.7. The number of nitrogens with zero attached hydrogens (tertiary/aromatic N) is 5. The molecular formula is C20H22N6O4S. The standard InChI is InChI=1S/C20H22N6O4S/c1-2-30-18-9-8-16(13-19(18)31(28,29)25-10-3-4-11-25)22-20(27)15-6-5-7-17(12-15)26-14-21-23-24-26/h5-9,12-14H,2-4,10-11H2,1H3,(H,22,27). The van der Waals surface area contributed by atoms with E-state index in [0.29, 0.717) is 36.6 Å². The van der Waals surface area contributed by atoms with E-state index in [1.165, 1.54) is 21.4 Å². The molecule has 0 radical (unpaired) electrons. The highest BCUT2D eigenvalue weighted by atomic mass is 32.2. The lowest BCUT2D eigenvalue weighted by Crippen LogP contribution is -2.28. The number of nitrogens with one attached hydrogen (secondary N) is 1. The Morgan fingerprint density at radius 2 is 1.97 bits per heavy atom. The first-order chi connectivity index (χ1) is 15.0. The Hall–Kier alpha value is -3.31. The fourth-order valence-electron chi connectivity index (χ4n) is 3.40. The highest BCUT2D eigenvalue weighted by Gasteiger charge is 2.30. The van der Waals surface area contributed by atoms with E-state index in [-0.39, 0.29) is 16.6 Å². The Kier molecular flexibility index (Phi) is 5.96. The average molecular weight is 443 g/mol. The van der Waals surface area contributed by atoms with Crippen LogP contribution in [0.1, 0.15) is 30.1 Å². The van der Waals surface area contributed by atoms with Crippen molar-refractivity contribution in [3.63, 3.8) is 0 Å². The van der Waals surface area contributed by atoms with Crippen LogP contribution >= 0.6 is 0 Å². The van der Waals surface area contributed by atoms with Gasteiger partial charge in [0.15, 0.2) is 0 Å². The van der Waals surface area contributed by atoms with E-state index in [0.717, 1.165) is 12.8 Å². The molecule has 0 atom stereocenters. The van der Waals surface area contributed by atoms with Gasteiger partial charge in [-0.3, -0.25) is 4.79 Å². The van der Waals surface area contributed by atoms with Crippen molar-refractivity contribution in [2.24, 2.45) is 0 Å². The van der Waals surface area contributed by atoms with Gasteiger partial charge in [-0.1, -0.05) is 6.07 Å². The third-order valence-electron chi connectivity index (χ3n) is 4.91. The smallest absolute Gasteiger partial charge is 0.255 e. The number of rotatable bonds is 7. The predicted molar refractivity (Wildman–Crippen MR) is 113 cm³/mol. The molecule has 1 fully saturated rings. The number of amides is 1. The highest BCUT2D eigenvalue weighted by Crippen LogP contribution is 2.31. The Morgan fingerprint density at radius 1 is 1.16 bits per heavy atom. The van der Waals surface area contributed by atoms with Crippen LogP contribution in [0.25, 0.3) is 5.69 Å². The number of ether oxygens (including phenoxy) is 1. The Labute approximate surface area is 179 Å². The summed E-state index contributed by atoms with van der Waals surface area (Å²) in [6.45, 7) is 3.08. The molecule has 2 aromatic carbocycles. The zero-order valence-corrected chi connectivity index (χ0v) is 17.7. The third-order valence-corrected chi connectivity index (χ3v) is 6.83. The van der Waals surface area contributed by atoms with Crippen LogP contribution in [0.5, 0.6) is 5.75 Å². The number of carbonyl (C=O) groups excluding carboxylic acids is 1. The van der Waals surface area contributed by atoms with Gasteiger partial charge in [-0.05, 0) is 66.6 Å². The number of benzene rings is 2. The monoisotopic (exact) mass is 442 g/mol. The summed E-state index contributed by atoms with van der Waals surface area (Å²) in [6, 6.07) is 11.4. The summed E-state index contributed by atoms with van der Waals surface area (Å²) in [5, 5.41) is 13.8. The third kappa shape index (κ3) is 4.42. The molecule has 1 aliphatic heterocycles. The zero-order valence-electron chi connectivity index (χ0n) is 16.9. The summed E-state index contributed by atoms with van der Waals surface area (Å²) in [5.74, 6) is -0.114. The molecule has 11 heteroatoms. The molecule has 4 rings (SSSR count). The quantitative estimate of drug-likeness (QED) is 0.595. The van der Waals surface area contributed by atoms with Crippen LogP contribution in [-0.4, -0.2) is 58.5 Å². The van der Waals surface area contributed by atoms with Crippen molar-refractivity contribution in [2.75, 3.05) is 25.0 Å². The molecule has 1 aliphatic rings. The summed E-state index contributed by atoms with van der Waals surface area (Å²) in [5.41, 5.74) is 1.37. The van der Waals surface area contributed by atoms with E-state index >= 15 is 0 Å². The van der Waals surface area contributed by atoms with Crippen molar-refractivity contribution in [3.05, 3.63) is 54.4 Å². The van der Waals surface area contributed by atoms with Crippen LogP contribution in [0.3, 0.4) is 0 Å². The number of sulfonamides is 1. The molecule has 162 valence electrons. The summed E-state index contributed by atoms with van der Waals surface area (Å²) in [4.78, 5) is 12.9. The van der Waals surface area contributed by atoms with Gasteiger partial charge in [0.1, 0.15) is 17.0 Å². The second-order valence-electron chi connectivity index (χ2n) is 6.96. The maximum absolute atomic E-state index is 13.1. The van der Waals surface area contributed by atoms with E-state index in [1.54, 1.807) is 43.3 Å². The van der Waals surface area contributed by atoms with Crippen LogP contribution in [0, 0.1) is 0 Å². The molecule has 10 nitrogen and oxygen atoms in total. The van der Waals surface area contributed by atoms with Gasteiger partial charge in [-0.2, -0.15) is 4.31 Å². The van der Waals surface area contributed by atoms with Gasteiger partial charge in [0.2, 0.25) is 10.0 Å². The van der Waals surface area contributed by atoms with Crippen LogP contribution in [0.4, 0.5) is 5.69 Å². The molecule has 0 saturated carbocycles. The highest BCUT2D eigenvalue weighted by molar-refractivity contribution is 7.89. The number of aromatic nitrogens is 4. The number of anilines is 1. The van der Waals surface area contributed by atoms with Gasteiger partial charge in [0.25, 0.3) is 5.91 Å². The van der Waals surface area contributed by atoms with Crippen molar-refractivity contribution in [1.82, 2.24) is 24.5 Å². The minimum absolute atomic E-state index is 0.0523. The van der Waals surface area contributed by atoms with Gasteiger partial charge in [-0.15, -0.1) is 5.10 Å². The Balaban J connectivity index is 1.62. The van der Waals surface area contributed by atoms with Gasteiger partial charge in [0.05, 0.1) is 12.3 Å². The van der Waals surface area contributed by atoms with Gasteiger partial charge in [-0.25, -0.2) is 13.1 Å². The summed E-state index contributed by atoms with van der Waals surface area (Å²) >= 11 is 0. The Morgan fingerprint density at radius 3 is 2.68 bits per heavy atom. The Bertz CT molecular complexity index is 1170.